The number of nitrogens with zero attached hydrogens (tertiary/aromatic N) is 5. The maximum atomic E-state index is 4.73. The monoisotopic (exact) mass is 269 g/mol. The third-order valence-electron chi connectivity index (χ3n) is 4.42. The van der Waals surface area contributed by atoms with E-state index in [1.165, 1.54) is 19.3 Å². The SMILES string of the molecule is c1cnn(C2CN(Cc3ccnc(C4CCC4)n3)C2)c1. The number of aromatic nitrogens is 4. The second-order valence-electron chi connectivity index (χ2n) is 5.87. The van der Waals surface area contributed by atoms with Crippen molar-refractivity contribution >= 4 is 0 Å². The fraction of sp³-hybridized carbons (Fsp3) is 0.533. The highest BCUT2D eigenvalue weighted by atomic mass is 15.4. The summed E-state index contributed by atoms with van der Waals surface area (Å²) in [5.41, 5.74) is 1.15. The summed E-state index contributed by atoms with van der Waals surface area (Å²) in [5, 5.41) is 4.30. The summed E-state index contributed by atoms with van der Waals surface area (Å²) in [6.45, 7) is 3.05. The molecule has 1 saturated heterocycles. The van der Waals surface area contributed by atoms with Gasteiger partial charge in [-0.1, -0.05) is 6.42 Å². The minimum Gasteiger partial charge on any atom is -0.293 e. The summed E-state index contributed by atoms with van der Waals surface area (Å²) in [6.07, 6.45) is 9.65. The van der Waals surface area contributed by atoms with Gasteiger partial charge >= 0.3 is 0 Å². The van der Waals surface area contributed by atoms with Crippen molar-refractivity contribution in [3.8, 4) is 0 Å². The van der Waals surface area contributed by atoms with E-state index in [4.69, 9.17) is 4.98 Å². The van der Waals surface area contributed by atoms with E-state index in [1.807, 2.05) is 30.7 Å². The Bertz CT molecular complexity index is 570. The summed E-state index contributed by atoms with van der Waals surface area (Å²) in [5.74, 6) is 1.67. The Hall–Kier alpha value is -1.75. The third-order valence-corrected chi connectivity index (χ3v) is 4.42. The molecule has 2 aromatic rings. The van der Waals surface area contributed by atoms with Gasteiger partial charge in [0, 0.05) is 44.1 Å². The van der Waals surface area contributed by atoms with Gasteiger partial charge in [0.25, 0.3) is 0 Å². The van der Waals surface area contributed by atoms with Gasteiger partial charge in [-0.2, -0.15) is 5.10 Å². The second-order valence-corrected chi connectivity index (χ2v) is 5.87. The van der Waals surface area contributed by atoms with E-state index in [1.54, 1.807) is 0 Å². The van der Waals surface area contributed by atoms with Crippen LogP contribution >= 0.6 is 0 Å². The maximum Gasteiger partial charge on any atom is 0.131 e. The first-order valence-electron chi connectivity index (χ1n) is 7.42. The quantitative estimate of drug-likeness (QED) is 0.851. The van der Waals surface area contributed by atoms with Crippen molar-refractivity contribution in [2.45, 2.75) is 37.8 Å². The Balaban J connectivity index is 1.36. The van der Waals surface area contributed by atoms with Crippen LogP contribution in [-0.2, 0) is 6.54 Å². The minimum absolute atomic E-state index is 0.526. The van der Waals surface area contributed by atoms with Gasteiger partial charge in [0.1, 0.15) is 5.82 Å². The molecule has 0 radical (unpaired) electrons. The Labute approximate surface area is 118 Å². The number of likely N-dealkylation sites (tertiary alicyclic amines) is 1. The molecule has 0 N–H and O–H groups in total. The largest absolute Gasteiger partial charge is 0.293 e. The average Bonchev–Trinajstić information content (AvgIpc) is 2.85. The number of rotatable bonds is 4. The lowest BCUT2D eigenvalue weighted by atomic mass is 9.85. The molecule has 0 atom stereocenters. The topological polar surface area (TPSA) is 46.8 Å². The molecule has 2 aliphatic rings. The van der Waals surface area contributed by atoms with E-state index in [9.17, 15) is 0 Å². The van der Waals surface area contributed by atoms with Crippen LogP contribution in [-0.4, -0.2) is 37.7 Å². The summed E-state index contributed by atoms with van der Waals surface area (Å²) in [4.78, 5) is 11.6. The van der Waals surface area contributed by atoms with E-state index in [2.05, 4.69) is 19.7 Å². The van der Waals surface area contributed by atoms with Crippen LogP contribution in [0.3, 0.4) is 0 Å². The van der Waals surface area contributed by atoms with E-state index < -0.39 is 0 Å². The average molecular weight is 269 g/mol. The molecule has 0 amide bonds. The summed E-state index contributed by atoms with van der Waals surface area (Å²) in [7, 11) is 0. The Kier molecular flexibility index (Phi) is 2.99. The van der Waals surface area contributed by atoms with E-state index >= 15 is 0 Å². The standard InChI is InChI=1S/C15H19N5/c1-3-12(4-1)15-16-7-5-13(18-15)9-19-10-14(11-19)20-8-2-6-17-20/h2,5-8,12,14H,1,3-4,9-11H2. The molecule has 1 saturated carbocycles. The molecule has 4 rings (SSSR count). The minimum atomic E-state index is 0.526. The highest BCUT2D eigenvalue weighted by Crippen LogP contribution is 2.34. The molecule has 1 aliphatic heterocycles. The van der Waals surface area contributed by atoms with Crippen molar-refractivity contribution in [1.29, 1.82) is 0 Å². The Morgan fingerprint density at radius 1 is 1.20 bits per heavy atom. The van der Waals surface area contributed by atoms with Crippen molar-refractivity contribution in [2.75, 3.05) is 13.1 Å². The highest BCUT2D eigenvalue weighted by Gasteiger charge is 2.29. The van der Waals surface area contributed by atoms with Crippen LogP contribution in [0.5, 0.6) is 0 Å². The smallest absolute Gasteiger partial charge is 0.131 e. The van der Waals surface area contributed by atoms with Gasteiger partial charge in [-0.15, -0.1) is 0 Å². The molecular weight excluding hydrogens is 250 g/mol. The number of hydrogen-bond donors (Lipinski definition) is 0. The van der Waals surface area contributed by atoms with Gasteiger partial charge in [0.05, 0.1) is 11.7 Å². The molecule has 5 heteroatoms. The van der Waals surface area contributed by atoms with Crippen molar-refractivity contribution in [2.24, 2.45) is 0 Å². The molecule has 104 valence electrons. The van der Waals surface area contributed by atoms with Crippen LogP contribution in [0.4, 0.5) is 0 Å². The molecule has 0 aromatic carbocycles. The van der Waals surface area contributed by atoms with Gasteiger partial charge in [-0.3, -0.25) is 9.58 Å². The molecule has 0 bridgehead atoms. The molecule has 0 unspecified atom stereocenters. The molecule has 2 fully saturated rings. The first-order valence-corrected chi connectivity index (χ1v) is 7.42. The van der Waals surface area contributed by atoms with Crippen LogP contribution < -0.4 is 0 Å². The lowest BCUT2D eigenvalue weighted by molar-refractivity contribution is 0.0893. The van der Waals surface area contributed by atoms with Crippen molar-refractivity contribution in [3.63, 3.8) is 0 Å². The van der Waals surface area contributed by atoms with E-state index in [0.29, 0.717) is 12.0 Å². The molecule has 5 nitrogen and oxygen atoms in total. The first kappa shape index (κ1) is 12.0. The Morgan fingerprint density at radius 2 is 2.10 bits per heavy atom. The van der Waals surface area contributed by atoms with Crippen LogP contribution in [0.15, 0.2) is 30.7 Å². The van der Waals surface area contributed by atoms with Crippen LogP contribution in [0.1, 0.15) is 42.7 Å². The molecule has 2 aromatic heterocycles. The molecule has 20 heavy (non-hydrogen) atoms. The van der Waals surface area contributed by atoms with Crippen molar-refractivity contribution in [3.05, 3.63) is 42.2 Å². The summed E-state index contributed by atoms with van der Waals surface area (Å²) >= 11 is 0. The third kappa shape index (κ3) is 2.22. The van der Waals surface area contributed by atoms with E-state index in [-0.39, 0.29) is 0 Å². The summed E-state index contributed by atoms with van der Waals surface area (Å²) < 4.78 is 2.05. The van der Waals surface area contributed by atoms with Crippen LogP contribution in [0.25, 0.3) is 0 Å². The first-order chi connectivity index (χ1) is 9.88. The summed E-state index contributed by atoms with van der Waals surface area (Å²) in [6, 6.07) is 4.56. The zero-order chi connectivity index (χ0) is 13.4. The van der Waals surface area contributed by atoms with Crippen molar-refractivity contribution < 1.29 is 0 Å². The molecular formula is C15H19N5. The molecule has 3 heterocycles. The van der Waals surface area contributed by atoms with E-state index in [0.717, 1.165) is 31.2 Å². The predicted octanol–water partition coefficient (Wildman–Crippen LogP) is 2.00. The van der Waals surface area contributed by atoms with Gasteiger partial charge in [-0.05, 0) is 25.0 Å². The fourth-order valence-corrected chi connectivity index (χ4v) is 2.93. The van der Waals surface area contributed by atoms with Gasteiger partial charge in [0.15, 0.2) is 0 Å². The zero-order valence-corrected chi connectivity index (χ0v) is 11.5. The van der Waals surface area contributed by atoms with Gasteiger partial charge in [-0.25, -0.2) is 9.97 Å². The van der Waals surface area contributed by atoms with Crippen LogP contribution in [0.2, 0.25) is 0 Å². The molecule has 0 spiro atoms. The lowest BCUT2D eigenvalue weighted by Crippen LogP contribution is -2.47. The molecule has 1 aliphatic carbocycles. The van der Waals surface area contributed by atoms with Gasteiger partial charge in [0.2, 0.25) is 0 Å². The second kappa shape index (κ2) is 4.98. The zero-order valence-electron chi connectivity index (χ0n) is 11.5. The Morgan fingerprint density at radius 3 is 2.80 bits per heavy atom. The van der Waals surface area contributed by atoms with Crippen molar-refractivity contribution in [1.82, 2.24) is 24.6 Å². The van der Waals surface area contributed by atoms with Crippen LogP contribution in [0, 0.1) is 0 Å². The highest BCUT2D eigenvalue weighted by molar-refractivity contribution is 5.08. The maximum absolute atomic E-state index is 4.73. The van der Waals surface area contributed by atoms with Gasteiger partial charge < -0.3 is 0 Å². The fourth-order valence-electron chi connectivity index (χ4n) is 2.93. The normalized spacial score (nSPS) is 20.6. The lowest BCUT2D eigenvalue weighted by Gasteiger charge is -2.39. The predicted molar refractivity (Wildman–Crippen MR) is 75.2 cm³/mol. The number of hydrogen-bond acceptors (Lipinski definition) is 4.